The fraction of sp³-hybridized carbons (Fsp3) is 0.600. The highest BCUT2D eigenvalue weighted by Crippen LogP contribution is 2.01. The highest BCUT2D eigenvalue weighted by atomic mass is 16.4. The summed E-state index contributed by atoms with van der Waals surface area (Å²) < 4.78 is 0. The van der Waals surface area contributed by atoms with Gasteiger partial charge in [-0.1, -0.05) is 13.0 Å². The van der Waals surface area contributed by atoms with Gasteiger partial charge in [-0.25, -0.2) is 0 Å². The first-order valence-electron chi connectivity index (χ1n) is 4.75. The van der Waals surface area contributed by atoms with Crippen LogP contribution in [0.2, 0.25) is 0 Å². The summed E-state index contributed by atoms with van der Waals surface area (Å²) in [6, 6.07) is 0. The first kappa shape index (κ1) is 13.6. The molecule has 0 radical (unpaired) electrons. The third-order valence-electron chi connectivity index (χ3n) is 1.98. The standard InChI is InChI=1S/C10H17NO4/c1-3-5-11(6-4-9(12)13)7-8(2)10(14)15/h3,8H,1,4-7H2,2H3,(H,12,13)(H,14,15). The summed E-state index contributed by atoms with van der Waals surface area (Å²) in [5.41, 5.74) is 0. The first-order valence-corrected chi connectivity index (χ1v) is 4.75. The number of carboxylic acid groups (broad SMARTS) is 2. The largest absolute Gasteiger partial charge is 0.481 e. The Morgan fingerprint density at radius 2 is 2.07 bits per heavy atom. The maximum atomic E-state index is 10.6. The molecule has 0 bridgehead atoms. The minimum atomic E-state index is -0.882. The lowest BCUT2D eigenvalue weighted by atomic mass is 10.1. The van der Waals surface area contributed by atoms with Crippen LogP contribution in [0, 0.1) is 5.92 Å². The predicted molar refractivity (Wildman–Crippen MR) is 55.7 cm³/mol. The second kappa shape index (κ2) is 7.00. The molecule has 0 amide bonds. The molecule has 0 aliphatic heterocycles. The van der Waals surface area contributed by atoms with Crippen LogP contribution in [-0.2, 0) is 9.59 Å². The Kier molecular flexibility index (Phi) is 6.37. The lowest BCUT2D eigenvalue weighted by Crippen LogP contribution is -2.33. The molecule has 1 atom stereocenters. The van der Waals surface area contributed by atoms with Crippen molar-refractivity contribution in [1.29, 1.82) is 0 Å². The molecule has 0 rings (SSSR count). The van der Waals surface area contributed by atoms with Gasteiger partial charge in [-0.15, -0.1) is 6.58 Å². The Morgan fingerprint density at radius 3 is 2.47 bits per heavy atom. The van der Waals surface area contributed by atoms with E-state index in [9.17, 15) is 9.59 Å². The van der Waals surface area contributed by atoms with Gasteiger partial charge in [0.2, 0.25) is 0 Å². The molecule has 2 N–H and O–H groups in total. The van der Waals surface area contributed by atoms with Crippen molar-refractivity contribution in [3.8, 4) is 0 Å². The van der Waals surface area contributed by atoms with Crippen molar-refractivity contribution in [1.82, 2.24) is 4.90 Å². The zero-order valence-electron chi connectivity index (χ0n) is 8.85. The summed E-state index contributed by atoms with van der Waals surface area (Å²) in [4.78, 5) is 22.7. The second-order valence-corrected chi connectivity index (χ2v) is 3.43. The van der Waals surface area contributed by atoms with E-state index in [2.05, 4.69) is 6.58 Å². The van der Waals surface area contributed by atoms with Gasteiger partial charge < -0.3 is 10.2 Å². The monoisotopic (exact) mass is 215 g/mol. The van der Waals surface area contributed by atoms with Crippen LogP contribution in [0.5, 0.6) is 0 Å². The molecular formula is C10H17NO4. The molecule has 0 aliphatic carbocycles. The average Bonchev–Trinajstić information content (AvgIpc) is 2.14. The number of carboxylic acids is 2. The van der Waals surface area contributed by atoms with Crippen molar-refractivity contribution in [3.63, 3.8) is 0 Å². The van der Waals surface area contributed by atoms with Crippen LogP contribution in [0.25, 0.3) is 0 Å². The lowest BCUT2D eigenvalue weighted by molar-refractivity contribution is -0.141. The summed E-state index contributed by atoms with van der Waals surface area (Å²) in [5, 5.41) is 17.2. The van der Waals surface area contributed by atoms with E-state index in [1.165, 1.54) is 0 Å². The van der Waals surface area contributed by atoms with E-state index in [-0.39, 0.29) is 6.42 Å². The summed E-state index contributed by atoms with van der Waals surface area (Å²) >= 11 is 0. The van der Waals surface area contributed by atoms with Gasteiger partial charge in [-0.05, 0) is 0 Å². The quantitative estimate of drug-likeness (QED) is 0.582. The average molecular weight is 215 g/mol. The van der Waals surface area contributed by atoms with Gasteiger partial charge in [0, 0.05) is 19.6 Å². The van der Waals surface area contributed by atoms with Crippen molar-refractivity contribution in [2.24, 2.45) is 5.92 Å². The van der Waals surface area contributed by atoms with Gasteiger partial charge in [0.1, 0.15) is 0 Å². The molecule has 0 heterocycles. The van der Waals surface area contributed by atoms with E-state index < -0.39 is 17.9 Å². The minimum absolute atomic E-state index is 0.0141. The molecule has 0 aliphatic rings. The third kappa shape index (κ3) is 6.68. The van der Waals surface area contributed by atoms with E-state index in [1.807, 2.05) is 0 Å². The smallest absolute Gasteiger partial charge is 0.307 e. The zero-order chi connectivity index (χ0) is 11.8. The Hall–Kier alpha value is -1.36. The summed E-state index contributed by atoms with van der Waals surface area (Å²) in [6.07, 6.45) is 1.65. The van der Waals surface area contributed by atoms with E-state index in [0.29, 0.717) is 19.6 Å². The van der Waals surface area contributed by atoms with Gasteiger partial charge in [0.15, 0.2) is 0 Å². The van der Waals surface area contributed by atoms with E-state index in [1.54, 1.807) is 17.9 Å². The highest BCUT2D eigenvalue weighted by molar-refractivity contribution is 5.69. The predicted octanol–water partition coefficient (Wildman–Crippen LogP) is 0.670. The van der Waals surface area contributed by atoms with Crippen molar-refractivity contribution in [2.45, 2.75) is 13.3 Å². The second-order valence-electron chi connectivity index (χ2n) is 3.43. The Bertz CT molecular complexity index is 240. The van der Waals surface area contributed by atoms with Crippen molar-refractivity contribution >= 4 is 11.9 Å². The lowest BCUT2D eigenvalue weighted by Gasteiger charge is -2.21. The van der Waals surface area contributed by atoms with Crippen molar-refractivity contribution in [3.05, 3.63) is 12.7 Å². The molecular weight excluding hydrogens is 198 g/mol. The van der Waals surface area contributed by atoms with Crippen LogP contribution in [0.1, 0.15) is 13.3 Å². The zero-order valence-corrected chi connectivity index (χ0v) is 8.85. The number of hydrogen-bond donors (Lipinski definition) is 2. The van der Waals surface area contributed by atoms with Crippen LogP contribution in [0.3, 0.4) is 0 Å². The first-order chi connectivity index (χ1) is 6.97. The molecule has 0 saturated carbocycles. The van der Waals surface area contributed by atoms with Crippen LogP contribution in [0.15, 0.2) is 12.7 Å². The van der Waals surface area contributed by atoms with Gasteiger partial charge in [0.05, 0.1) is 12.3 Å². The fourth-order valence-corrected chi connectivity index (χ4v) is 1.16. The SMILES string of the molecule is C=CCN(CCC(=O)O)CC(C)C(=O)O. The normalized spacial score (nSPS) is 12.4. The van der Waals surface area contributed by atoms with Crippen molar-refractivity contribution in [2.75, 3.05) is 19.6 Å². The van der Waals surface area contributed by atoms with Gasteiger partial charge in [-0.3, -0.25) is 14.5 Å². The van der Waals surface area contributed by atoms with E-state index in [4.69, 9.17) is 10.2 Å². The van der Waals surface area contributed by atoms with Gasteiger partial charge in [-0.2, -0.15) is 0 Å². The molecule has 15 heavy (non-hydrogen) atoms. The molecule has 5 nitrogen and oxygen atoms in total. The Labute approximate surface area is 89.0 Å². The number of aliphatic carboxylic acids is 2. The molecule has 0 aromatic heterocycles. The van der Waals surface area contributed by atoms with E-state index in [0.717, 1.165) is 0 Å². The summed E-state index contributed by atoms with van der Waals surface area (Å²) in [5.74, 6) is -2.26. The minimum Gasteiger partial charge on any atom is -0.481 e. The molecule has 0 spiro atoms. The molecule has 0 fully saturated rings. The molecule has 1 unspecified atom stereocenters. The van der Waals surface area contributed by atoms with Crippen LogP contribution >= 0.6 is 0 Å². The van der Waals surface area contributed by atoms with Crippen LogP contribution in [-0.4, -0.2) is 46.7 Å². The number of nitrogens with zero attached hydrogens (tertiary/aromatic N) is 1. The number of rotatable bonds is 8. The third-order valence-corrected chi connectivity index (χ3v) is 1.98. The molecule has 86 valence electrons. The summed E-state index contributed by atoms with van der Waals surface area (Å²) in [7, 11) is 0. The summed E-state index contributed by atoms with van der Waals surface area (Å²) in [6.45, 7) is 6.33. The topological polar surface area (TPSA) is 77.8 Å². The Morgan fingerprint density at radius 1 is 1.47 bits per heavy atom. The van der Waals surface area contributed by atoms with Gasteiger partial charge >= 0.3 is 11.9 Å². The molecule has 0 saturated heterocycles. The number of carbonyl (C=O) groups is 2. The molecule has 0 aromatic carbocycles. The van der Waals surface area contributed by atoms with Crippen molar-refractivity contribution < 1.29 is 19.8 Å². The van der Waals surface area contributed by atoms with Crippen LogP contribution < -0.4 is 0 Å². The maximum absolute atomic E-state index is 10.6. The number of hydrogen-bond acceptors (Lipinski definition) is 3. The van der Waals surface area contributed by atoms with Crippen LogP contribution in [0.4, 0.5) is 0 Å². The maximum Gasteiger partial charge on any atom is 0.307 e. The van der Waals surface area contributed by atoms with E-state index >= 15 is 0 Å². The molecule has 5 heteroatoms. The Balaban J connectivity index is 4.08. The van der Waals surface area contributed by atoms with Gasteiger partial charge in [0.25, 0.3) is 0 Å². The molecule has 0 aromatic rings. The fourth-order valence-electron chi connectivity index (χ4n) is 1.16. The highest BCUT2D eigenvalue weighted by Gasteiger charge is 2.15.